The van der Waals surface area contributed by atoms with E-state index in [9.17, 15) is 9.18 Å². The van der Waals surface area contributed by atoms with Gasteiger partial charge < -0.3 is 19.8 Å². The quantitative estimate of drug-likeness (QED) is 0.689. The second-order valence-corrected chi connectivity index (χ2v) is 7.03. The molecule has 0 atom stereocenters. The van der Waals surface area contributed by atoms with Crippen molar-refractivity contribution >= 4 is 16.8 Å². The van der Waals surface area contributed by atoms with E-state index < -0.39 is 5.41 Å². The minimum atomic E-state index is -0.391. The number of halogens is 1. The van der Waals surface area contributed by atoms with Crippen LogP contribution in [0.3, 0.4) is 0 Å². The molecule has 142 valence electrons. The topological polar surface area (TPSA) is 63.3 Å². The molecule has 3 rings (SSSR count). The van der Waals surface area contributed by atoms with Crippen LogP contribution in [0, 0.1) is 5.82 Å². The molecule has 5 nitrogen and oxygen atoms in total. The number of rotatable bonds is 6. The van der Waals surface area contributed by atoms with Crippen LogP contribution in [-0.2, 0) is 5.41 Å². The lowest BCUT2D eigenvalue weighted by Crippen LogP contribution is -2.36. The molecular weight excluding hydrogens is 347 g/mol. The van der Waals surface area contributed by atoms with Crippen LogP contribution in [0.2, 0.25) is 0 Å². The summed E-state index contributed by atoms with van der Waals surface area (Å²) in [5.41, 5.74) is 1.90. The maximum Gasteiger partial charge on any atom is 0.251 e. The predicted molar refractivity (Wildman–Crippen MR) is 103 cm³/mol. The number of benzene rings is 2. The molecule has 2 N–H and O–H groups in total. The summed E-state index contributed by atoms with van der Waals surface area (Å²) >= 11 is 0. The molecular formula is C21H23FN2O3. The highest BCUT2D eigenvalue weighted by Gasteiger charge is 2.25. The van der Waals surface area contributed by atoms with Gasteiger partial charge in [0.15, 0.2) is 11.5 Å². The number of nitrogens with one attached hydrogen (secondary N) is 2. The first-order valence-electron chi connectivity index (χ1n) is 8.63. The summed E-state index contributed by atoms with van der Waals surface area (Å²) in [5, 5.41) is 3.77. The minimum Gasteiger partial charge on any atom is -0.493 e. The van der Waals surface area contributed by atoms with Gasteiger partial charge in [0, 0.05) is 34.6 Å². The number of carbonyl (C=O) groups is 1. The largest absolute Gasteiger partial charge is 0.493 e. The highest BCUT2D eigenvalue weighted by atomic mass is 19.1. The van der Waals surface area contributed by atoms with Crippen molar-refractivity contribution in [3.8, 4) is 11.5 Å². The highest BCUT2D eigenvalue weighted by molar-refractivity contribution is 5.95. The number of hydrogen-bond donors (Lipinski definition) is 2. The van der Waals surface area contributed by atoms with Gasteiger partial charge in [-0.15, -0.1) is 0 Å². The summed E-state index contributed by atoms with van der Waals surface area (Å²) in [6.07, 6.45) is 1.87. The fraction of sp³-hybridized carbons (Fsp3) is 0.286. The number of hydrogen-bond acceptors (Lipinski definition) is 3. The predicted octanol–water partition coefficient (Wildman–Crippen LogP) is 4.03. The van der Waals surface area contributed by atoms with E-state index >= 15 is 0 Å². The summed E-state index contributed by atoms with van der Waals surface area (Å²) < 4.78 is 24.1. The van der Waals surface area contributed by atoms with E-state index in [4.69, 9.17) is 9.47 Å². The molecule has 2 aromatic carbocycles. The lowest BCUT2D eigenvalue weighted by atomic mass is 9.84. The van der Waals surface area contributed by atoms with Crippen molar-refractivity contribution in [3.05, 3.63) is 59.5 Å². The molecule has 6 heteroatoms. The van der Waals surface area contributed by atoms with E-state index in [1.54, 1.807) is 31.4 Å². The average molecular weight is 370 g/mol. The average Bonchev–Trinajstić information content (AvgIpc) is 3.09. The normalized spacial score (nSPS) is 11.4. The van der Waals surface area contributed by atoms with Crippen molar-refractivity contribution in [1.82, 2.24) is 10.3 Å². The third-order valence-corrected chi connectivity index (χ3v) is 4.71. The molecule has 0 saturated carbocycles. The van der Waals surface area contributed by atoms with Gasteiger partial charge in [-0.05, 0) is 42.0 Å². The van der Waals surface area contributed by atoms with Crippen LogP contribution in [-0.4, -0.2) is 31.7 Å². The number of H-pyrrole nitrogens is 1. The van der Waals surface area contributed by atoms with E-state index in [2.05, 4.69) is 10.3 Å². The zero-order valence-electron chi connectivity index (χ0n) is 15.9. The fourth-order valence-electron chi connectivity index (χ4n) is 3.13. The molecule has 1 amide bonds. The monoisotopic (exact) mass is 370 g/mol. The highest BCUT2D eigenvalue weighted by Crippen LogP contribution is 2.31. The Balaban J connectivity index is 1.78. The van der Waals surface area contributed by atoms with Gasteiger partial charge in [-0.25, -0.2) is 4.39 Å². The first-order chi connectivity index (χ1) is 12.9. The van der Waals surface area contributed by atoms with Crippen molar-refractivity contribution in [2.24, 2.45) is 0 Å². The molecule has 3 aromatic rings. The maximum atomic E-state index is 13.6. The van der Waals surface area contributed by atoms with Crippen molar-refractivity contribution in [3.63, 3.8) is 0 Å². The van der Waals surface area contributed by atoms with Gasteiger partial charge in [0.1, 0.15) is 5.82 Å². The van der Waals surface area contributed by atoms with E-state index in [-0.39, 0.29) is 11.7 Å². The summed E-state index contributed by atoms with van der Waals surface area (Å²) in [6, 6.07) is 9.67. The van der Waals surface area contributed by atoms with Gasteiger partial charge in [0.05, 0.1) is 14.2 Å². The molecule has 27 heavy (non-hydrogen) atoms. The Labute approximate surface area is 157 Å². The van der Waals surface area contributed by atoms with E-state index in [0.29, 0.717) is 23.6 Å². The Morgan fingerprint density at radius 1 is 1.11 bits per heavy atom. The van der Waals surface area contributed by atoms with Crippen LogP contribution >= 0.6 is 0 Å². The van der Waals surface area contributed by atoms with E-state index in [0.717, 1.165) is 16.5 Å². The van der Waals surface area contributed by atoms with Crippen LogP contribution in [0.1, 0.15) is 29.8 Å². The summed E-state index contributed by atoms with van der Waals surface area (Å²) in [5.74, 6) is 0.565. The molecule has 1 heterocycles. The van der Waals surface area contributed by atoms with E-state index in [1.165, 1.54) is 19.2 Å². The van der Waals surface area contributed by atoms with Crippen LogP contribution in [0.25, 0.3) is 10.9 Å². The molecule has 0 unspecified atom stereocenters. The van der Waals surface area contributed by atoms with Crippen LogP contribution in [0.5, 0.6) is 11.5 Å². The Morgan fingerprint density at radius 2 is 1.85 bits per heavy atom. The smallest absolute Gasteiger partial charge is 0.251 e. The fourth-order valence-corrected chi connectivity index (χ4v) is 3.13. The second kappa shape index (κ2) is 7.31. The van der Waals surface area contributed by atoms with Crippen LogP contribution in [0.15, 0.2) is 42.6 Å². The van der Waals surface area contributed by atoms with Crippen molar-refractivity contribution in [2.45, 2.75) is 19.3 Å². The molecule has 0 aliphatic rings. The van der Waals surface area contributed by atoms with E-state index in [1.807, 2.05) is 20.0 Å². The van der Waals surface area contributed by atoms with Crippen LogP contribution < -0.4 is 14.8 Å². The van der Waals surface area contributed by atoms with Crippen LogP contribution in [0.4, 0.5) is 4.39 Å². The molecule has 0 aliphatic carbocycles. The first-order valence-corrected chi connectivity index (χ1v) is 8.63. The molecule has 0 bridgehead atoms. The Hall–Kier alpha value is -3.02. The summed E-state index contributed by atoms with van der Waals surface area (Å²) in [6.45, 7) is 4.41. The van der Waals surface area contributed by atoms with Gasteiger partial charge in [-0.3, -0.25) is 4.79 Å². The number of methoxy groups -OCH3 is 2. The number of aromatic nitrogens is 1. The number of aromatic amines is 1. The lowest BCUT2D eigenvalue weighted by Gasteiger charge is -2.25. The molecule has 0 aliphatic heterocycles. The molecule has 0 fully saturated rings. The van der Waals surface area contributed by atoms with Crippen molar-refractivity contribution in [2.75, 3.05) is 20.8 Å². The van der Waals surface area contributed by atoms with Gasteiger partial charge >= 0.3 is 0 Å². The molecule has 0 saturated heterocycles. The van der Waals surface area contributed by atoms with Gasteiger partial charge in [-0.1, -0.05) is 13.8 Å². The Kier molecular flexibility index (Phi) is 5.08. The molecule has 0 spiro atoms. The lowest BCUT2D eigenvalue weighted by molar-refractivity contribution is 0.0945. The number of carbonyl (C=O) groups excluding carboxylic acids is 1. The van der Waals surface area contributed by atoms with Crippen molar-refractivity contribution in [1.29, 1.82) is 0 Å². The molecule has 1 aromatic heterocycles. The summed E-state index contributed by atoms with van der Waals surface area (Å²) in [7, 11) is 3.07. The zero-order chi connectivity index (χ0) is 19.6. The number of amides is 1. The Morgan fingerprint density at radius 3 is 2.56 bits per heavy atom. The number of ether oxygens (including phenoxy) is 2. The first kappa shape index (κ1) is 18.8. The standard InChI is InChI=1S/C21H23FN2O3/c1-21(2,16-11-23-17-7-6-14(22)10-15(16)17)12-24-20(25)13-5-8-18(26-3)19(9-13)27-4/h5-11,23H,12H2,1-4H3,(H,24,25). The summed E-state index contributed by atoms with van der Waals surface area (Å²) in [4.78, 5) is 15.7. The van der Waals surface area contributed by atoms with Crippen molar-refractivity contribution < 1.29 is 18.7 Å². The van der Waals surface area contributed by atoms with Gasteiger partial charge in [0.25, 0.3) is 5.91 Å². The molecule has 0 radical (unpaired) electrons. The third-order valence-electron chi connectivity index (χ3n) is 4.71. The maximum absolute atomic E-state index is 13.6. The third kappa shape index (κ3) is 3.74. The minimum absolute atomic E-state index is 0.213. The second-order valence-electron chi connectivity index (χ2n) is 7.03. The number of fused-ring (bicyclic) bond motifs is 1. The SMILES string of the molecule is COc1ccc(C(=O)NCC(C)(C)c2c[nH]c3ccc(F)cc23)cc1OC. The van der Waals surface area contributed by atoms with Gasteiger partial charge in [0.2, 0.25) is 0 Å². The zero-order valence-corrected chi connectivity index (χ0v) is 15.9. The van der Waals surface area contributed by atoms with Gasteiger partial charge in [-0.2, -0.15) is 0 Å². The Bertz CT molecular complexity index is 979.